The second-order valence-corrected chi connectivity index (χ2v) is 19.3. The molecule has 0 radical (unpaired) electrons. The van der Waals surface area contributed by atoms with Gasteiger partial charge in [0.15, 0.2) is 6.29 Å². The van der Waals surface area contributed by atoms with Crippen LogP contribution in [-0.2, 0) is 14.3 Å². The van der Waals surface area contributed by atoms with Gasteiger partial charge < -0.3 is 40.3 Å². The molecule has 1 aliphatic heterocycles. The molecule has 72 heavy (non-hydrogen) atoms. The molecule has 410 valence electrons. The highest BCUT2D eigenvalue weighted by Gasteiger charge is 2.44. The number of rotatable bonds is 47. The van der Waals surface area contributed by atoms with Crippen LogP contribution in [0.2, 0.25) is 0 Å². The number of nitrogens with one attached hydrogen (secondary N) is 1. The molecule has 0 aromatic rings. The number of unbranched alkanes of at least 4 members (excludes halogenated alkanes) is 19. The zero-order valence-corrected chi connectivity index (χ0v) is 45.4. The number of carbonyl (C=O) groups is 1. The van der Waals surface area contributed by atoms with Crippen molar-refractivity contribution in [3.8, 4) is 0 Å². The van der Waals surface area contributed by atoms with Crippen molar-refractivity contribution in [3.63, 3.8) is 0 Å². The van der Waals surface area contributed by atoms with Crippen molar-refractivity contribution >= 4 is 5.91 Å². The molecule has 0 aromatic heterocycles. The molecule has 7 atom stereocenters. The molecule has 0 spiro atoms. The van der Waals surface area contributed by atoms with Crippen LogP contribution in [-0.4, -0.2) is 87.5 Å². The third-order valence-corrected chi connectivity index (χ3v) is 12.8. The van der Waals surface area contributed by atoms with E-state index in [1.54, 1.807) is 6.08 Å². The van der Waals surface area contributed by atoms with E-state index in [1.807, 2.05) is 6.08 Å². The van der Waals surface area contributed by atoms with Gasteiger partial charge in [0.2, 0.25) is 5.91 Å². The number of allylic oxidation sites excluding steroid dienone is 19. The minimum Gasteiger partial charge on any atom is -0.394 e. The largest absolute Gasteiger partial charge is 0.394 e. The number of amides is 1. The summed E-state index contributed by atoms with van der Waals surface area (Å²) in [6.45, 7) is 3.59. The smallest absolute Gasteiger partial charge is 0.220 e. The van der Waals surface area contributed by atoms with Crippen molar-refractivity contribution in [2.24, 2.45) is 0 Å². The van der Waals surface area contributed by atoms with E-state index in [4.69, 9.17) is 9.47 Å². The Hall–Kier alpha value is -3.41. The van der Waals surface area contributed by atoms with E-state index in [0.29, 0.717) is 6.42 Å². The van der Waals surface area contributed by atoms with Crippen molar-refractivity contribution in [1.29, 1.82) is 0 Å². The summed E-state index contributed by atoms with van der Waals surface area (Å²) >= 11 is 0. The maximum atomic E-state index is 13.0. The molecule has 0 aliphatic carbocycles. The van der Waals surface area contributed by atoms with Gasteiger partial charge in [-0.1, -0.05) is 232 Å². The highest BCUT2D eigenvalue weighted by atomic mass is 16.7. The molecule has 1 aliphatic rings. The van der Waals surface area contributed by atoms with Crippen molar-refractivity contribution in [2.75, 3.05) is 13.2 Å². The summed E-state index contributed by atoms with van der Waals surface area (Å²) in [5.41, 5.74) is 0. The van der Waals surface area contributed by atoms with Crippen LogP contribution in [0.3, 0.4) is 0 Å². The summed E-state index contributed by atoms with van der Waals surface area (Å²) in [4.78, 5) is 13.0. The Morgan fingerprint density at radius 1 is 0.486 bits per heavy atom. The van der Waals surface area contributed by atoms with Gasteiger partial charge in [0, 0.05) is 6.42 Å². The van der Waals surface area contributed by atoms with Gasteiger partial charge in [0.25, 0.3) is 0 Å². The SMILES string of the molecule is CC/C=C\C/C=C\C/C=C\C/C=C\C/C=C\C/C=C\C/C=C\C/C=C\CCCCCCCCCCCCCCCCC(=O)NC(COC1OC(CO)C(O)C(O)C1O)C(O)/C=C/CC/C=C/CCCCCC. The quantitative estimate of drug-likeness (QED) is 0.0261. The predicted octanol–water partition coefficient (Wildman–Crippen LogP) is 14.3. The van der Waals surface area contributed by atoms with E-state index in [9.17, 15) is 30.3 Å². The lowest BCUT2D eigenvalue weighted by molar-refractivity contribution is -0.302. The second kappa shape index (κ2) is 51.1. The molecule has 0 aromatic carbocycles. The molecule has 9 nitrogen and oxygen atoms in total. The summed E-state index contributed by atoms with van der Waals surface area (Å²) in [6.07, 6.45) is 70.0. The van der Waals surface area contributed by atoms with Crippen LogP contribution in [0.25, 0.3) is 0 Å². The lowest BCUT2D eigenvalue weighted by atomic mass is 9.99. The number of ether oxygens (including phenoxy) is 2. The van der Waals surface area contributed by atoms with E-state index in [2.05, 4.69) is 129 Å². The Balaban J connectivity index is 2.09. The van der Waals surface area contributed by atoms with Crippen LogP contribution >= 0.6 is 0 Å². The van der Waals surface area contributed by atoms with Gasteiger partial charge in [-0.2, -0.15) is 0 Å². The Bertz CT molecular complexity index is 1540. The van der Waals surface area contributed by atoms with Gasteiger partial charge in [0.1, 0.15) is 24.4 Å². The molecule has 7 unspecified atom stereocenters. The van der Waals surface area contributed by atoms with Gasteiger partial charge >= 0.3 is 0 Å². The average Bonchev–Trinajstić information content (AvgIpc) is 3.38. The first-order valence-electron chi connectivity index (χ1n) is 28.8. The number of carbonyl (C=O) groups excluding carboxylic acids is 1. The topological polar surface area (TPSA) is 149 Å². The predicted molar refractivity (Wildman–Crippen MR) is 304 cm³/mol. The fourth-order valence-electron chi connectivity index (χ4n) is 8.25. The van der Waals surface area contributed by atoms with Crippen LogP contribution < -0.4 is 5.32 Å². The van der Waals surface area contributed by atoms with Gasteiger partial charge in [0.05, 0.1) is 25.4 Å². The van der Waals surface area contributed by atoms with E-state index < -0.39 is 49.5 Å². The maximum absolute atomic E-state index is 13.0. The van der Waals surface area contributed by atoms with Crippen LogP contribution in [0.1, 0.15) is 213 Å². The number of hydrogen-bond acceptors (Lipinski definition) is 8. The molecule has 1 heterocycles. The lowest BCUT2D eigenvalue weighted by Crippen LogP contribution is -2.60. The molecule has 9 heteroatoms. The van der Waals surface area contributed by atoms with E-state index in [1.165, 1.54) is 103 Å². The van der Waals surface area contributed by atoms with Gasteiger partial charge in [-0.15, -0.1) is 0 Å². The summed E-state index contributed by atoms with van der Waals surface area (Å²) in [6, 6.07) is -0.827. The molecular weight excluding hydrogens is 899 g/mol. The molecule has 6 N–H and O–H groups in total. The highest BCUT2D eigenvalue weighted by Crippen LogP contribution is 2.23. The average molecular weight is 1000 g/mol. The first kappa shape index (κ1) is 66.6. The Morgan fingerprint density at radius 3 is 1.33 bits per heavy atom. The number of aliphatic hydroxyl groups excluding tert-OH is 5. The van der Waals surface area contributed by atoms with Gasteiger partial charge in [-0.3, -0.25) is 4.79 Å². The third-order valence-electron chi connectivity index (χ3n) is 12.8. The molecule has 0 bridgehead atoms. The van der Waals surface area contributed by atoms with Crippen molar-refractivity contribution in [3.05, 3.63) is 122 Å². The number of aliphatic hydroxyl groups is 5. The zero-order chi connectivity index (χ0) is 52.2. The van der Waals surface area contributed by atoms with Crippen LogP contribution in [0.4, 0.5) is 0 Å². The highest BCUT2D eigenvalue weighted by molar-refractivity contribution is 5.76. The van der Waals surface area contributed by atoms with Crippen LogP contribution in [0.15, 0.2) is 122 Å². The summed E-state index contributed by atoms with van der Waals surface area (Å²) in [7, 11) is 0. The fraction of sp³-hybridized carbons (Fsp3) is 0.667. The van der Waals surface area contributed by atoms with E-state index in [0.717, 1.165) is 89.9 Å². The van der Waals surface area contributed by atoms with Gasteiger partial charge in [-0.05, 0) is 96.3 Å². The molecular formula is C63H105NO8. The monoisotopic (exact) mass is 1000 g/mol. The summed E-state index contributed by atoms with van der Waals surface area (Å²) < 4.78 is 11.2. The summed E-state index contributed by atoms with van der Waals surface area (Å²) in [5, 5.41) is 54.2. The van der Waals surface area contributed by atoms with E-state index >= 15 is 0 Å². The maximum Gasteiger partial charge on any atom is 0.220 e. The Kier molecular flexibility index (Phi) is 47.3. The Labute approximate surface area is 439 Å². The van der Waals surface area contributed by atoms with Crippen LogP contribution in [0.5, 0.6) is 0 Å². The first-order valence-corrected chi connectivity index (χ1v) is 28.8. The Morgan fingerprint density at radius 2 is 0.875 bits per heavy atom. The zero-order valence-electron chi connectivity index (χ0n) is 45.4. The van der Waals surface area contributed by atoms with Crippen LogP contribution in [0, 0.1) is 0 Å². The second-order valence-electron chi connectivity index (χ2n) is 19.3. The van der Waals surface area contributed by atoms with Crippen molar-refractivity contribution < 1.29 is 39.8 Å². The van der Waals surface area contributed by atoms with Crippen molar-refractivity contribution in [1.82, 2.24) is 5.32 Å². The minimum absolute atomic E-state index is 0.194. The standard InChI is InChI=1S/C63H105NO8/c1-3-5-7-9-11-13-15-16-17-18-19-20-21-22-23-24-25-26-27-28-29-30-31-32-33-34-35-36-37-38-39-40-41-42-43-45-47-49-51-53-59(67)64-56(55-71-63-62(70)61(69)60(68)58(54-65)72-63)57(66)52-50-48-46-44-14-12-10-8-6-4-2/h5,7,11,13-14,16-17,19-20,22-23,25-26,28-29,31-32,44,50,52,56-58,60-63,65-66,68-70H,3-4,6,8-10,12,15,18,21,24,27,30,33-43,45-49,51,53-55H2,1-2H3,(H,64,67)/b7-5-,13-11-,17-16-,20-19-,23-22-,26-25-,29-28-,32-31-,44-14+,52-50+. The minimum atomic E-state index is -1.58. The van der Waals surface area contributed by atoms with Crippen molar-refractivity contribution in [2.45, 2.75) is 256 Å². The summed E-state index contributed by atoms with van der Waals surface area (Å²) in [5.74, 6) is -0.194. The fourth-order valence-corrected chi connectivity index (χ4v) is 8.25. The lowest BCUT2D eigenvalue weighted by Gasteiger charge is -2.40. The molecule has 1 fully saturated rings. The van der Waals surface area contributed by atoms with Gasteiger partial charge in [-0.25, -0.2) is 0 Å². The first-order chi connectivity index (χ1) is 35.3. The molecule has 1 rings (SSSR count). The van der Waals surface area contributed by atoms with E-state index in [-0.39, 0.29) is 12.5 Å². The third kappa shape index (κ3) is 40.0. The molecule has 1 saturated heterocycles. The normalized spacial score (nSPS) is 20.1. The molecule has 1 amide bonds. The molecule has 0 saturated carbocycles. The number of hydrogen-bond donors (Lipinski definition) is 6.